The van der Waals surface area contributed by atoms with Crippen molar-refractivity contribution in [2.45, 2.75) is 20.0 Å². The van der Waals surface area contributed by atoms with Crippen LogP contribution in [-0.4, -0.2) is 29.7 Å². The van der Waals surface area contributed by atoms with Crippen LogP contribution in [0.5, 0.6) is 5.75 Å². The molecule has 90 valence electrons. The number of para-hydroxylation sites is 1. The van der Waals surface area contributed by atoms with E-state index < -0.39 is 5.97 Å². The molecule has 0 atom stereocenters. The van der Waals surface area contributed by atoms with Gasteiger partial charge in [0.15, 0.2) is 0 Å². The van der Waals surface area contributed by atoms with Crippen molar-refractivity contribution in [1.29, 1.82) is 0 Å². The molecule has 0 aliphatic heterocycles. The van der Waals surface area contributed by atoms with Crippen molar-refractivity contribution in [3.8, 4) is 5.75 Å². The molecule has 0 aliphatic carbocycles. The van der Waals surface area contributed by atoms with Gasteiger partial charge in [-0.25, -0.2) is 4.79 Å². The number of hydrogen-bond donors (Lipinski definition) is 0. The maximum absolute atomic E-state index is 11.4. The molecule has 0 saturated heterocycles. The van der Waals surface area contributed by atoms with E-state index in [1.54, 1.807) is 24.3 Å². The molecule has 0 heterocycles. The van der Waals surface area contributed by atoms with E-state index >= 15 is 0 Å². The zero-order valence-electron chi connectivity index (χ0n) is 10.0. The van der Waals surface area contributed by atoms with Crippen LogP contribution >= 0.6 is 0 Å². The van der Waals surface area contributed by atoms with E-state index in [9.17, 15) is 4.79 Å². The van der Waals surface area contributed by atoms with Crippen LogP contribution in [-0.2, 0) is 9.53 Å². The number of carbonyl (C=O) groups excluding carboxylic acids is 1. The van der Waals surface area contributed by atoms with Crippen LogP contribution in [0, 0.1) is 0 Å². The molecule has 5 heteroatoms. The van der Waals surface area contributed by atoms with Crippen molar-refractivity contribution >= 4 is 11.7 Å². The van der Waals surface area contributed by atoms with Crippen molar-refractivity contribution in [3.05, 3.63) is 35.4 Å². The monoisotopic (exact) mass is 234 g/mol. The Hall–Kier alpha value is -2.13. The van der Waals surface area contributed by atoms with Gasteiger partial charge in [0.25, 0.3) is 0 Å². The Bertz CT molecular complexity index is 463. The Morgan fingerprint density at radius 1 is 1.35 bits per heavy atom. The van der Waals surface area contributed by atoms with Gasteiger partial charge in [-0.1, -0.05) is 12.1 Å². The van der Waals surface area contributed by atoms with E-state index in [2.05, 4.69) is 9.53 Å². The summed E-state index contributed by atoms with van der Waals surface area (Å²) in [5, 5.41) is 0. The number of nitrogens with zero attached hydrogens (tertiary/aromatic N) is 2. The highest BCUT2D eigenvalue weighted by molar-refractivity contribution is 6.41. The standard InChI is InChI=1S/C12H14N2O3/c1-8(2)17-10-7-5-4-6-9(10)11(14-13)12(15)16-3/h4-8H,1-3H3. The van der Waals surface area contributed by atoms with Gasteiger partial charge in [0.1, 0.15) is 11.3 Å². The van der Waals surface area contributed by atoms with Crippen LogP contribution in [0.25, 0.3) is 5.53 Å². The number of rotatable bonds is 4. The molecule has 0 aliphatic rings. The topological polar surface area (TPSA) is 71.9 Å². The first kappa shape index (κ1) is 12.9. The van der Waals surface area contributed by atoms with Crippen molar-refractivity contribution in [1.82, 2.24) is 0 Å². The summed E-state index contributed by atoms with van der Waals surface area (Å²) in [6.45, 7) is 3.73. The van der Waals surface area contributed by atoms with Gasteiger partial charge >= 0.3 is 11.7 Å². The second-order valence-electron chi connectivity index (χ2n) is 3.60. The predicted octanol–water partition coefficient (Wildman–Crippen LogP) is 1.67. The quantitative estimate of drug-likeness (QED) is 0.344. The lowest BCUT2D eigenvalue weighted by atomic mass is 10.1. The third-order valence-electron chi connectivity index (χ3n) is 1.98. The molecular formula is C12H14N2O3. The largest absolute Gasteiger partial charge is 0.490 e. The Morgan fingerprint density at radius 3 is 2.53 bits per heavy atom. The summed E-state index contributed by atoms with van der Waals surface area (Å²) < 4.78 is 10.1. The van der Waals surface area contributed by atoms with Crippen LogP contribution in [0.2, 0.25) is 0 Å². The van der Waals surface area contributed by atoms with Gasteiger partial charge in [-0.3, -0.25) is 0 Å². The zero-order chi connectivity index (χ0) is 12.8. The number of benzene rings is 1. The zero-order valence-corrected chi connectivity index (χ0v) is 10.0. The maximum atomic E-state index is 11.4. The van der Waals surface area contributed by atoms with E-state index in [1.807, 2.05) is 13.8 Å². The van der Waals surface area contributed by atoms with E-state index in [0.717, 1.165) is 0 Å². The third-order valence-corrected chi connectivity index (χ3v) is 1.98. The summed E-state index contributed by atoms with van der Waals surface area (Å²) in [5.41, 5.74) is 9.09. The SMILES string of the molecule is COC(=O)C(=[N+]=[N-])c1ccccc1OC(C)C. The average molecular weight is 234 g/mol. The molecule has 0 saturated carbocycles. The lowest BCUT2D eigenvalue weighted by molar-refractivity contribution is -0.137. The predicted molar refractivity (Wildman–Crippen MR) is 62.0 cm³/mol. The highest BCUT2D eigenvalue weighted by Crippen LogP contribution is 2.20. The van der Waals surface area contributed by atoms with Gasteiger partial charge in [-0.05, 0) is 26.0 Å². The fourth-order valence-electron chi connectivity index (χ4n) is 1.32. The first-order chi connectivity index (χ1) is 8.10. The summed E-state index contributed by atoms with van der Waals surface area (Å²) in [4.78, 5) is 14.4. The summed E-state index contributed by atoms with van der Waals surface area (Å²) in [6.07, 6.45) is -0.0475. The summed E-state index contributed by atoms with van der Waals surface area (Å²) >= 11 is 0. The molecular weight excluding hydrogens is 220 g/mol. The van der Waals surface area contributed by atoms with Crippen LogP contribution < -0.4 is 4.74 Å². The Kier molecular flexibility index (Phi) is 4.43. The normalized spacial score (nSPS) is 9.65. The van der Waals surface area contributed by atoms with E-state index in [4.69, 9.17) is 10.3 Å². The van der Waals surface area contributed by atoms with Crippen molar-refractivity contribution in [2.75, 3.05) is 7.11 Å². The fraction of sp³-hybridized carbons (Fsp3) is 0.333. The van der Waals surface area contributed by atoms with E-state index in [1.165, 1.54) is 7.11 Å². The van der Waals surface area contributed by atoms with Crippen molar-refractivity contribution in [2.24, 2.45) is 0 Å². The highest BCUT2D eigenvalue weighted by atomic mass is 16.5. The van der Waals surface area contributed by atoms with Gasteiger partial charge in [0.2, 0.25) is 0 Å². The van der Waals surface area contributed by atoms with Crippen molar-refractivity contribution < 1.29 is 19.1 Å². The smallest absolute Gasteiger partial charge is 0.422 e. The molecule has 0 bridgehead atoms. The second kappa shape index (κ2) is 5.82. The molecule has 1 rings (SSSR count). The van der Waals surface area contributed by atoms with Gasteiger partial charge < -0.3 is 15.0 Å². The fourth-order valence-corrected chi connectivity index (χ4v) is 1.32. The van der Waals surface area contributed by atoms with Crippen molar-refractivity contribution in [3.63, 3.8) is 0 Å². The minimum absolute atomic E-state index is 0.0475. The Labute approximate surface area is 99.6 Å². The molecule has 0 amide bonds. The molecule has 1 aromatic carbocycles. The third kappa shape index (κ3) is 3.16. The van der Waals surface area contributed by atoms with Gasteiger partial charge in [-0.2, -0.15) is 4.79 Å². The molecule has 1 aromatic rings. The molecule has 0 spiro atoms. The summed E-state index contributed by atoms with van der Waals surface area (Å²) in [6, 6.07) is 6.82. The van der Waals surface area contributed by atoms with Crippen LogP contribution in [0.15, 0.2) is 24.3 Å². The molecule has 0 radical (unpaired) electrons. The van der Waals surface area contributed by atoms with E-state index in [-0.39, 0.29) is 11.8 Å². The molecule has 0 fully saturated rings. The summed E-state index contributed by atoms with van der Waals surface area (Å²) in [7, 11) is 1.22. The molecule has 17 heavy (non-hydrogen) atoms. The lowest BCUT2D eigenvalue weighted by Crippen LogP contribution is -2.20. The molecule has 0 N–H and O–H groups in total. The molecule has 0 aromatic heterocycles. The first-order valence-corrected chi connectivity index (χ1v) is 5.16. The minimum Gasteiger partial charge on any atom is -0.490 e. The average Bonchev–Trinajstić information content (AvgIpc) is 2.31. The minimum atomic E-state index is -0.715. The number of esters is 1. The van der Waals surface area contributed by atoms with Gasteiger partial charge in [-0.15, -0.1) is 0 Å². The number of ether oxygens (including phenoxy) is 2. The van der Waals surface area contributed by atoms with Crippen LogP contribution in [0.1, 0.15) is 19.4 Å². The summed E-state index contributed by atoms with van der Waals surface area (Å²) in [5.74, 6) is -0.243. The lowest BCUT2D eigenvalue weighted by Gasteiger charge is -2.11. The highest BCUT2D eigenvalue weighted by Gasteiger charge is 2.27. The number of methoxy groups -OCH3 is 1. The van der Waals surface area contributed by atoms with Crippen LogP contribution in [0.4, 0.5) is 0 Å². The number of carbonyl (C=O) groups is 1. The maximum Gasteiger partial charge on any atom is 0.422 e. The Morgan fingerprint density at radius 2 is 2.00 bits per heavy atom. The Balaban J connectivity index is 3.20. The first-order valence-electron chi connectivity index (χ1n) is 5.16. The number of hydrogen-bond acceptors (Lipinski definition) is 3. The molecule has 0 unspecified atom stereocenters. The van der Waals surface area contributed by atoms with E-state index in [0.29, 0.717) is 11.3 Å². The van der Waals surface area contributed by atoms with Crippen LogP contribution in [0.3, 0.4) is 0 Å². The van der Waals surface area contributed by atoms with Gasteiger partial charge in [0.05, 0.1) is 13.2 Å². The second-order valence-corrected chi connectivity index (χ2v) is 3.60. The van der Waals surface area contributed by atoms with Gasteiger partial charge in [0, 0.05) is 0 Å². The molecule has 5 nitrogen and oxygen atoms in total.